The van der Waals surface area contributed by atoms with Crippen LogP contribution in [0.25, 0.3) is 0 Å². The number of hydrogen-bond acceptors (Lipinski definition) is 3. The maximum Gasteiger partial charge on any atom is 0.313 e. The highest BCUT2D eigenvalue weighted by Crippen LogP contribution is 2.18. The van der Waals surface area contributed by atoms with Gasteiger partial charge in [-0.3, -0.25) is 9.59 Å². The molecule has 0 saturated heterocycles. The maximum absolute atomic E-state index is 11.9. The number of rotatable bonds is 4. The van der Waals surface area contributed by atoms with E-state index in [1.165, 1.54) is 5.56 Å². The van der Waals surface area contributed by atoms with Gasteiger partial charge < -0.3 is 15.7 Å². The molecule has 2 atom stereocenters. The minimum Gasteiger partial charge on any atom is -0.396 e. The van der Waals surface area contributed by atoms with E-state index in [0.29, 0.717) is 18.0 Å². The van der Waals surface area contributed by atoms with Gasteiger partial charge in [0.05, 0.1) is 0 Å². The fraction of sp³-hybridized carbons (Fsp3) is 0.412. The Hall–Kier alpha value is -2.14. The number of nitrogens with one attached hydrogen (secondary N) is 2. The SMILES string of the molecule is CC(C)c1ccc(NC(=O)C(=O)N[C@@H]2C=C[C@H](CO)C2)cc1. The second-order valence-electron chi connectivity index (χ2n) is 5.87. The lowest BCUT2D eigenvalue weighted by Gasteiger charge is -2.13. The molecule has 0 saturated carbocycles. The molecule has 0 aliphatic heterocycles. The summed E-state index contributed by atoms with van der Waals surface area (Å²) >= 11 is 0. The molecule has 0 radical (unpaired) electrons. The molecular weight excluding hydrogens is 280 g/mol. The highest BCUT2D eigenvalue weighted by Gasteiger charge is 2.22. The number of carbonyl (C=O) groups is 2. The van der Waals surface area contributed by atoms with Crippen molar-refractivity contribution in [3.63, 3.8) is 0 Å². The second kappa shape index (κ2) is 7.22. The van der Waals surface area contributed by atoms with Crippen molar-refractivity contribution < 1.29 is 14.7 Å². The van der Waals surface area contributed by atoms with Gasteiger partial charge in [-0.15, -0.1) is 0 Å². The van der Waals surface area contributed by atoms with E-state index in [0.717, 1.165) is 0 Å². The van der Waals surface area contributed by atoms with Crippen molar-refractivity contribution >= 4 is 17.5 Å². The first-order chi connectivity index (χ1) is 10.5. The molecule has 22 heavy (non-hydrogen) atoms. The van der Waals surface area contributed by atoms with Gasteiger partial charge in [-0.2, -0.15) is 0 Å². The first kappa shape index (κ1) is 16.2. The number of benzene rings is 1. The van der Waals surface area contributed by atoms with E-state index in [1.807, 2.05) is 24.3 Å². The Balaban J connectivity index is 1.86. The second-order valence-corrected chi connectivity index (χ2v) is 5.87. The summed E-state index contributed by atoms with van der Waals surface area (Å²) < 4.78 is 0. The van der Waals surface area contributed by atoms with Crippen LogP contribution in [0.3, 0.4) is 0 Å². The van der Waals surface area contributed by atoms with Crippen molar-refractivity contribution in [1.82, 2.24) is 5.32 Å². The van der Waals surface area contributed by atoms with Crippen molar-refractivity contribution in [2.75, 3.05) is 11.9 Å². The molecule has 0 heterocycles. The van der Waals surface area contributed by atoms with Crippen LogP contribution in [0.1, 0.15) is 31.7 Å². The molecule has 1 aliphatic rings. The van der Waals surface area contributed by atoms with Gasteiger partial charge in [-0.05, 0) is 30.0 Å². The van der Waals surface area contributed by atoms with Gasteiger partial charge in [0.15, 0.2) is 0 Å². The molecule has 118 valence electrons. The minimum absolute atomic E-state index is 0.0527. The van der Waals surface area contributed by atoms with Gasteiger partial charge in [-0.1, -0.05) is 38.1 Å². The topological polar surface area (TPSA) is 78.4 Å². The van der Waals surface area contributed by atoms with Gasteiger partial charge in [0.2, 0.25) is 0 Å². The highest BCUT2D eigenvalue weighted by atomic mass is 16.3. The lowest BCUT2D eigenvalue weighted by Crippen LogP contribution is -2.40. The molecule has 1 aliphatic carbocycles. The average molecular weight is 302 g/mol. The fourth-order valence-electron chi connectivity index (χ4n) is 2.39. The van der Waals surface area contributed by atoms with Crippen molar-refractivity contribution in [3.05, 3.63) is 42.0 Å². The van der Waals surface area contributed by atoms with E-state index in [4.69, 9.17) is 5.11 Å². The maximum atomic E-state index is 11.9. The quantitative estimate of drug-likeness (QED) is 0.586. The minimum atomic E-state index is -0.682. The first-order valence-corrected chi connectivity index (χ1v) is 7.50. The van der Waals surface area contributed by atoms with Gasteiger partial charge in [0, 0.05) is 24.3 Å². The van der Waals surface area contributed by atoms with Crippen LogP contribution in [-0.2, 0) is 9.59 Å². The normalized spacial score (nSPS) is 20.2. The summed E-state index contributed by atoms with van der Waals surface area (Å²) in [6, 6.07) is 7.25. The van der Waals surface area contributed by atoms with Gasteiger partial charge in [0.1, 0.15) is 0 Å². The summed E-state index contributed by atoms with van der Waals surface area (Å²) in [7, 11) is 0. The number of hydrogen-bond donors (Lipinski definition) is 3. The summed E-state index contributed by atoms with van der Waals surface area (Å²) in [6.07, 6.45) is 4.29. The number of aliphatic hydroxyl groups is 1. The van der Waals surface area contributed by atoms with Crippen molar-refractivity contribution in [2.45, 2.75) is 32.2 Å². The Labute approximate surface area is 130 Å². The third kappa shape index (κ3) is 4.18. The Morgan fingerprint density at radius 3 is 2.41 bits per heavy atom. The Morgan fingerprint density at radius 2 is 1.86 bits per heavy atom. The lowest BCUT2D eigenvalue weighted by atomic mass is 10.0. The third-order valence-corrected chi connectivity index (χ3v) is 3.76. The molecule has 0 unspecified atom stereocenters. The summed E-state index contributed by atoms with van der Waals surface area (Å²) in [4.78, 5) is 23.7. The molecule has 0 bridgehead atoms. The van der Waals surface area contributed by atoms with E-state index in [-0.39, 0.29) is 18.6 Å². The van der Waals surface area contributed by atoms with Gasteiger partial charge >= 0.3 is 11.8 Å². The summed E-state index contributed by atoms with van der Waals surface area (Å²) in [5.41, 5.74) is 1.77. The monoisotopic (exact) mass is 302 g/mol. The average Bonchev–Trinajstić information content (AvgIpc) is 2.95. The summed E-state index contributed by atoms with van der Waals surface area (Å²) in [6.45, 7) is 4.24. The number of carbonyl (C=O) groups excluding carboxylic acids is 2. The van der Waals surface area contributed by atoms with Crippen molar-refractivity contribution in [2.24, 2.45) is 5.92 Å². The highest BCUT2D eigenvalue weighted by molar-refractivity contribution is 6.39. The molecular formula is C17H22N2O3. The fourth-order valence-corrected chi connectivity index (χ4v) is 2.39. The zero-order valence-corrected chi connectivity index (χ0v) is 12.9. The molecule has 5 nitrogen and oxygen atoms in total. The van der Waals surface area contributed by atoms with Crippen molar-refractivity contribution in [3.8, 4) is 0 Å². The molecule has 0 fully saturated rings. The van der Waals surface area contributed by atoms with Crippen LogP contribution in [0.4, 0.5) is 5.69 Å². The molecule has 3 N–H and O–H groups in total. The van der Waals surface area contributed by atoms with Crippen LogP contribution < -0.4 is 10.6 Å². The van der Waals surface area contributed by atoms with E-state index >= 15 is 0 Å². The Bertz CT molecular complexity index is 564. The van der Waals surface area contributed by atoms with Crippen LogP contribution in [-0.4, -0.2) is 29.6 Å². The third-order valence-electron chi connectivity index (χ3n) is 3.76. The van der Waals surface area contributed by atoms with E-state index < -0.39 is 11.8 Å². The predicted molar refractivity (Wildman–Crippen MR) is 85.4 cm³/mol. The smallest absolute Gasteiger partial charge is 0.313 e. The van der Waals surface area contributed by atoms with E-state index in [9.17, 15) is 9.59 Å². The molecule has 5 heteroatoms. The van der Waals surface area contributed by atoms with Crippen molar-refractivity contribution in [1.29, 1.82) is 0 Å². The van der Waals surface area contributed by atoms with Crippen LogP contribution in [0.2, 0.25) is 0 Å². The van der Waals surface area contributed by atoms with Crippen LogP contribution >= 0.6 is 0 Å². The van der Waals surface area contributed by atoms with E-state index in [2.05, 4.69) is 24.5 Å². The van der Waals surface area contributed by atoms with E-state index in [1.54, 1.807) is 12.1 Å². The molecule has 0 spiro atoms. The summed E-state index contributed by atoms with van der Waals surface area (Å²) in [5, 5.41) is 14.3. The van der Waals surface area contributed by atoms with Crippen LogP contribution in [0.5, 0.6) is 0 Å². The van der Waals surface area contributed by atoms with Crippen LogP contribution in [0.15, 0.2) is 36.4 Å². The predicted octanol–water partition coefficient (Wildman–Crippen LogP) is 1.80. The first-order valence-electron chi connectivity index (χ1n) is 7.50. The number of anilines is 1. The largest absolute Gasteiger partial charge is 0.396 e. The number of aliphatic hydroxyl groups excluding tert-OH is 1. The Morgan fingerprint density at radius 1 is 1.18 bits per heavy atom. The summed E-state index contributed by atoms with van der Waals surface area (Å²) in [5.74, 6) is -0.877. The van der Waals surface area contributed by atoms with Gasteiger partial charge in [-0.25, -0.2) is 0 Å². The number of amides is 2. The standard InChI is InChI=1S/C17H22N2O3/c1-11(2)13-4-7-14(8-5-13)18-16(21)17(22)19-15-6-3-12(9-15)10-20/h3-8,11-12,15,20H,9-10H2,1-2H3,(H,18,21)(H,19,22)/t12-,15+/m0/s1. The Kier molecular flexibility index (Phi) is 5.33. The molecule has 2 amide bonds. The molecule has 1 aromatic carbocycles. The zero-order chi connectivity index (χ0) is 16.1. The molecule has 2 rings (SSSR count). The molecule has 0 aromatic heterocycles. The van der Waals surface area contributed by atoms with Gasteiger partial charge in [0.25, 0.3) is 0 Å². The van der Waals surface area contributed by atoms with Crippen LogP contribution in [0, 0.1) is 5.92 Å². The zero-order valence-electron chi connectivity index (χ0n) is 12.9. The molecule has 1 aromatic rings. The lowest BCUT2D eigenvalue weighted by molar-refractivity contribution is -0.136.